The average molecular weight is 275 g/mol. The number of aliphatic hydroxyl groups is 1. The Morgan fingerprint density at radius 1 is 1.26 bits per heavy atom. The molecule has 0 aliphatic carbocycles. The molecular formula is C14H29NO4. The minimum absolute atomic E-state index is 0.211. The summed E-state index contributed by atoms with van der Waals surface area (Å²) in [4.78, 5) is 11.0. The van der Waals surface area contributed by atoms with Crippen LogP contribution in [-0.4, -0.2) is 50.1 Å². The van der Waals surface area contributed by atoms with Crippen LogP contribution >= 0.6 is 0 Å². The molecule has 1 atom stereocenters. The van der Waals surface area contributed by atoms with Crippen LogP contribution in [0, 0.1) is 0 Å². The lowest BCUT2D eigenvalue weighted by Gasteiger charge is -2.12. The highest BCUT2D eigenvalue weighted by Crippen LogP contribution is 1.99. The van der Waals surface area contributed by atoms with Gasteiger partial charge in [0.05, 0.1) is 25.7 Å². The predicted octanol–water partition coefficient (Wildman–Crippen LogP) is 1.49. The first-order chi connectivity index (χ1) is 9.20. The number of hydrogen-bond donors (Lipinski definition) is 2. The molecule has 0 aromatic heterocycles. The minimum atomic E-state index is -0.520. The van der Waals surface area contributed by atoms with E-state index in [2.05, 4.69) is 12.2 Å². The zero-order chi connectivity index (χ0) is 14.3. The van der Waals surface area contributed by atoms with Crippen LogP contribution in [0.4, 0.5) is 0 Å². The molecule has 0 amide bonds. The van der Waals surface area contributed by atoms with Crippen molar-refractivity contribution < 1.29 is 19.4 Å². The molecule has 0 aromatic carbocycles. The monoisotopic (exact) mass is 275 g/mol. The molecule has 0 spiro atoms. The summed E-state index contributed by atoms with van der Waals surface area (Å²) in [6.45, 7) is 6.38. The second-order valence-corrected chi connectivity index (χ2v) is 4.55. The van der Waals surface area contributed by atoms with E-state index in [0.29, 0.717) is 39.3 Å². The number of ether oxygens (including phenoxy) is 2. The molecule has 1 unspecified atom stereocenters. The molecular weight excluding hydrogens is 246 g/mol. The Balaban J connectivity index is 3.25. The average Bonchev–Trinajstić information content (AvgIpc) is 2.39. The summed E-state index contributed by atoms with van der Waals surface area (Å²) in [5.41, 5.74) is 0. The van der Waals surface area contributed by atoms with Crippen molar-refractivity contribution in [1.29, 1.82) is 0 Å². The Morgan fingerprint density at radius 3 is 2.74 bits per heavy atom. The zero-order valence-electron chi connectivity index (χ0n) is 12.3. The van der Waals surface area contributed by atoms with Crippen LogP contribution in [0.25, 0.3) is 0 Å². The molecule has 0 rings (SSSR count). The number of aliphatic hydroxyl groups excluding tert-OH is 1. The summed E-state index contributed by atoms with van der Waals surface area (Å²) in [6.07, 6.45) is 4.50. The van der Waals surface area contributed by atoms with Gasteiger partial charge < -0.3 is 19.9 Å². The van der Waals surface area contributed by atoms with Crippen molar-refractivity contribution in [3.63, 3.8) is 0 Å². The standard InChI is InChI=1S/C14H29NO4/c1-3-5-6-7-10-18-12-13(16)11-15-9-8-14(17)19-4-2/h13,15-16H,3-12H2,1-2H3. The van der Waals surface area contributed by atoms with Gasteiger partial charge in [0, 0.05) is 19.7 Å². The number of nitrogens with one attached hydrogen (secondary N) is 1. The maximum atomic E-state index is 11.0. The molecule has 0 bridgehead atoms. The van der Waals surface area contributed by atoms with Gasteiger partial charge in [0.1, 0.15) is 0 Å². The Labute approximate surface area is 116 Å². The first-order valence-electron chi connectivity index (χ1n) is 7.32. The fourth-order valence-electron chi connectivity index (χ4n) is 1.60. The number of carbonyl (C=O) groups excluding carboxylic acids is 1. The van der Waals surface area contributed by atoms with Crippen molar-refractivity contribution in [3.8, 4) is 0 Å². The van der Waals surface area contributed by atoms with Crippen molar-refractivity contribution in [2.24, 2.45) is 0 Å². The quantitative estimate of drug-likeness (QED) is 0.394. The highest BCUT2D eigenvalue weighted by Gasteiger charge is 2.05. The molecule has 0 aliphatic rings. The summed E-state index contributed by atoms with van der Waals surface area (Å²) >= 11 is 0. The summed E-state index contributed by atoms with van der Waals surface area (Å²) < 4.78 is 10.2. The molecule has 5 heteroatoms. The maximum Gasteiger partial charge on any atom is 0.307 e. The van der Waals surface area contributed by atoms with Gasteiger partial charge in [-0.3, -0.25) is 4.79 Å². The highest BCUT2D eigenvalue weighted by atomic mass is 16.5. The molecule has 0 saturated carbocycles. The highest BCUT2D eigenvalue weighted by molar-refractivity contribution is 5.69. The number of carbonyl (C=O) groups is 1. The van der Waals surface area contributed by atoms with Gasteiger partial charge in [-0.2, -0.15) is 0 Å². The van der Waals surface area contributed by atoms with Crippen LogP contribution in [0.2, 0.25) is 0 Å². The molecule has 19 heavy (non-hydrogen) atoms. The third kappa shape index (κ3) is 13.6. The van der Waals surface area contributed by atoms with Crippen molar-refractivity contribution in [3.05, 3.63) is 0 Å². The fourth-order valence-corrected chi connectivity index (χ4v) is 1.60. The van der Waals surface area contributed by atoms with Crippen LogP contribution in [0.3, 0.4) is 0 Å². The molecule has 0 aromatic rings. The van der Waals surface area contributed by atoms with Crippen molar-refractivity contribution in [2.45, 2.75) is 52.1 Å². The van der Waals surface area contributed by atoms with Crippen LogP contribution in [0.15, 0.2) is 0 Å². The fraction of sp³-hybridized carbons (Fsp3) is 0.929. The van der Waals surface area contributed by atoms with Crippen molar-refractivity contribution in [2.75, 3.05) is 32.9 Å². The van der Waals surface area contributed by atoms with Crippen LogP contribution in [0.5, 0.6) is 0 Å². The first-order valence-corrected chi connectivity index (χ1v) is 7.32. The van der Waals surface area contributed by atoms with Gasteiger partial charge in [-0.15, -0.1) is 0 Å². The van der Waals surface area contributed by atoms with Crippen LogP contribution in [0.1, 0.15) is 46.0 Å². The van der Waals surface area contributed by atoms with Gasteiger partial charge in [-0.05, 0) is 13.3 Å². The van der Waals surface area contributed by atoms with E-state index in [0.717, 1.165) is 6.42 Å². The molecule has 0 saturated heterocycles. The first kappa shape index (κ1) is 18.4. The number of rotatable bonds is 13. The topological polar surface area (TPSA) is 67.8 Å². The summed E-state index contributed by atoms with van der Waals surface area (Å²) in [6, 6.07) is 0. The smallest absolute Gasteiger partial charge is 0.307 e. The third-order valence-electron chi connectivity index (χ3n) is 2.64. The summed E-state index contributed by atoms with van der Waals surface area (Å²) in [5.74, 6) is -0.211. The van der Waals surface area contributed by atoms with Gasteiger partial charge in [0.25, 0.3) is 0 Å². The SMILES string of the molecule is CCCCCCOCC(O)CNCCC(=O)OCC. The normalized spacial score (nSPS) is 12.4. The predicted molar refractivity (Wildman–Crippen MR) is 75.1 cm³/mol. The molecule has 0 aliphatic heterocycles. The van der Waals surface area contributed by atoms with Gasteiger partial charge in [-0.25, -0.2) is 0 Å². The van der Waals surface area contributed by atoms with Crippen LogP contribution < -0.4 is 5.32 Å². The summed E-state index contributed by atoms with van der Waals surface area (Å²) in [7, 11) is 0. The van der Waals surface area contributed by atoms with Crippen LogP contribution in [-0.2, 0) is 14.3 Å². The number of esters is 1. The van der Waals surface area contributed by atoms with E-state index in [9.17, 15) is 9.90 Å². The lowest BCUT2D eigenvalue weighted by atomic mass is 10.2. The Morgan fingerprint density at radius 2 is 2.05 bits per heavy atom. The van der Waals surface area contributed by atoms with Gasteiger partial charge in [-0.1, -0.05) is 26.2 Å². The van der Waals surface area contributed by atoms with E-state index in [-0.39, 0.29) is 5.97 Å². The van der Waals surface area contributed by atoms with E-state index in [1.807, 2.05) is 0 Å². The third-order valence-corrected chi connectivity index (χ3v) is 2.64. The van der Waals surface area contributed by atoms with Crippen molar-refractivity contribution in [1.82, 2.24) is 5.32 Å². The van der Waals surface area contributed by atoms with E-state index < -0.39 is 6.10 Å². The van der Waals surface area contributed by atoms with E-state index >= 15 is 0 Å². The number of hydrogen-bond acceptors (Lipinski definition) is 5. The molecule has 0 radical (unpaired) electrons. The Kier molecular flexibility index (Phi) is 13.3. The molecule has 0 fully saturated rings. The lowest BCUT2D eigenvalue weighted by molar-refractivity contribution is -0.143. The van der Waals surface area contributed by atoms with E-state index in [4.69, 9.17) is 9.47 Å². The summed E-state index contributed by atoms with van der Waals surface area (Å²) in [5, 5.41) is 12.6. The van der Waals surface area contributed by atoms with Crippen molar-refractivity contribution >= 4 is 5.97 Å². The number of unbranched alkanes of at least 4 members (excludes halogenated alkanes) is 3. The van der Waals surface area contributed by atoms with E-state index in [1.165, 1.54) is 19.3 Å². The molecule has 2 N–H and O–H groups in total. The van der Waals surface area contributed by atoms with Gasteiger partial charge >= 0.3 is 5.97 Å². The maximum absolute atomic E-state index is 11.0. The second-order valence-electron chi connectivity index (χ2n) is 4.55. The molecule has 5 nitrogen and oxygen atoms in total. The second kappa shape index (κ2) is 13.8. The van der Waals surface area contributed by atoms with Gasteiger partial charge in [0.2, 0.25) is 0 Å². The largest absolute Gasteiger partial charge is 0.466 e. The minimum Gasteiger partial charge on any atom is -0.466 e. The lowest BCUT2D eigenvalue weighted by Crippen LogP contribution is -2.32. The van der Waals surface area contributed by atoms with Gasteiger partial charge in [0.15, 0.2) is 0 Å². The van der Waals surface area contributed by atoms with E-state index in [1.54, 1.807) is 6.92 Å². The Hall–Kier alpha value is -0.650. The zero-order valence-corrected chi connectivity index (χ0v) is 12.3. The molecule has 0 heterocycles. The molecule has 114 valence electrons. The Bertz CT molecular complexity index is 212.